The molecule has 0 spiro atoms. The number of carbonyl (C=O) groups excluding carboxylic acids is 1. The molecule has 3 aromatic rings. The third-order valence-corrected chi connectivity index (χ3v) is 6.89. The summed E-state index contributed by atoms with van der Waals surface area (Å²) in [6, 6.07) is 18.8. The Morgan fingerprint density at radius 1 is 0.806 bits per heavy atom. The van der Waals surface area contributed by atoms with Crippen molar-refractivity contribution in [2.75, 3.05) is 4.43 Å². The number of Topliss-reactive ketones (excluding diaryl/α,β-unsaturated/α-hetero) is 1. The Hall–Kier alpha value is -1.94. The van der Waals surface area contributed by atoms with E-state index >= 15 is 0 Å². The Morgan fingerprint density at radius 3 is 2.26 bits per heavy atom. The van der Waals surface area contributed by atoms with Gasteiger partial charge in [0.15, 0.2) is 5.78 Å². The summed E-state index contributed by atoms with van der Waals surface area (Å²) in [5.74, 6) is 0.122. The summed E-state index contributed by atoms with van der Waals surface area (Å²) < 4.78 is 1.25. The van der Waals surface area contributed by atoms with E-state index in [0.717, 1.165) is 33.9 Å². The summed E-state index contributed by atoms with van der Waals surface area (Å²) in [4.78, 5) is 13.8. The van der Waals surface area contributed by atoms with E-state index in [9.17, 15) is 4.79 Å². The molecule has 0 saturated heterocycles. The Kier molecular flexibility index (Phi) is 8.89. The van der Waals surface area contributed by atoms with Gasteiger partial charge in [-0.25, -0.2) is 0 Å². The molecule has 3 aromatic carbocycles. The molecule has 31 heavy (non-hydrogen) atoms. The molecule has 0 aromatic heterocycles. The van der Waals surface area contributed by atoms with Crippen LogP contribution in [-0.2, 0) is 6.42 Å². The highest BCUT2D eigenvalue weighted by Gasteiger charge is 2.20. The molecule has 162 valence electrons. The van der Waals surface area contributed by atoms with Crippen LogP contribution in [-0.4, -0.2) is 10.2 Å². The van der Waals surface area contributed by atoms with Gasteiger partial charge in [0.2, 0.25) is 0 Å². The first-order valence-corrected chi connectivity index (χ1v) is 12.9. The largest absolute Gasteiger partial charge is 0.289 e. The highest BCUT2D eigenvalue weighted by molar-refractivity contribution is 14.1. The first-order chi connectivity index (χ1) is 15.1. The minimum absolute atomic E-state index is 0.122. The fourth-order valence-corrected chi connectivity index (χ4v) is 4.98. The van der Waals surface area contributed by atoms with Crippen molar-refractivity contribution in [2.24, 2.45) is 0 Å². The van der Waals surface area contributed by atoms with E-state index in [2.05, 4.69) is 72.8 Å². The van der Waals surface area contributed by atoms with Crippen LogP contribution in [0, 0.1) is 13.8 Å². The lowest BCUT2D eigenvalue weighted by atomic mass is 9.86. The second-order valence-corrected chi connectivity index (χ2v) is 9.40. The lowest BCUT2D eigenvalue weighted by molar-refractivity contribution is 0.105. The summed E-state index contributed by atoms with van der Waals surface area (Å²) in [5.41, 5.74) is 6.43. The van der Waals surface area contributed by atoms with E-state index in [-0.39, 0.29) is 5.78 Å². The molecule has 1 nitrogen and oxygen atoms in total. The maximum Gasteiger partial charge on any atom is 0.193 e. The van der Waals surface area contributed by atoms with Gasteiger partial charge in [-0.15, -0.1) is 0 Å². The quantitative estimate of drug-likeness (QED) is 0.0853. The van der Waals surface area contributed by atoms with Crippen LogP contribution in [0.5, 0.6) is 0 Å². The van der Waals surface area contributed by atoms with Gasteiger partial charge < -0.3 is 0 Å². The molecule has 0 atom stereocenters. The van der Waals surface area contributed by atoms with E-state index in [1.165, 1.54) is 53.2 Å². The molecule has 0 N–H and O–H groups in total. The number of carbonyl (C=O) groups is 1. The highest BCUT2D eigenvalue weighted by atomic mass is 127. The monoisotopic (exact) mass is 524 g/mol. The van der Waals surface area contributed by atoms with E-state index in [1.54, 1.807) is 0 Å². The van der Waals surface area contributed by atoms with Gasteiger partial charge in [-0.05, 0) is 77.5 Å². The standard InChI is InChI=1S/C29H33IO/c1-4-24(29(31)27-19-18-21(2)25-16-9-10-17-26(25)27)28-22(3)13-12-15-23(28)14-8-6-5-7-11-20-30/h4,9-10,12-13,15-19H,5-8,11,14,20H2,1-3H3/b24-4+. The Bertz CT molecular complexity index is 1080. The van der Waals surface area contributed by atoms with Crippen molar-refractivity contribution in [3.63, 3.8) is 0 Å². The summed E-state index contributed by atoms with van der Waals surface area (Å²) >= 11 is 2.46. The molecule has 0 aliphatic heterocycles. The molecule has 0 radical (unpaired) electrons. The number of fused-ring (bicyclic) bond motifs is 1. The predicted octanol–water partition coefficient (Wildman–Crippen LogP) is 8.67. The first-order valence-electron chi connectivity index (χ1n) is 11.4. The molecule has 0 amide bonds. The maximum absolute atomic E-state index is 13.8. The third-order valence-electron chi connectivity index (χ3n) is 6.13. The molecule has 0 aliphatic carbocycles. The molecular weight excluding hydrogens is 491 g/mol. The molecule has 0 fully saturated rings. The normalized spacial score (nSPS) is 11.8. The molecule has 0 saturated carbocycles. The van der Waals surface area contributed by atoms with E-state index < -0.39 is 0 Å². The zero-order chi connectivity index (χ0) is 22.2. The van der Waals surface area contributed by atoms with Crippen LogP contribution in [0.4, 0.5) is 0 Å². The van der Waals surface area contributed by atoms with Crippen molar-refractivity contribution in [1.82, 2.24) is 0 Å². The van der Waals surface area contributed by atoms with Crippen LogP contribution in [0.1, 0.15) is 71.6 Å². The fourth-order valence-electron chi connectivity index (χ4n) is 4.44. The van der Waals surface area contributed by atoms with Gasteiger partial charge in [0.25, 0.3) is 0 Å². The molecule has 0 bridgehead atoms. The van der Waals surface area contributed by atoms with E-state index in [0.29, 0.717) is 0 Å². The molecular formula is C29H33IO. The topological polar surface area (TPSA) is 17.1 Å². The predicted molar refractivity (Wildman–Crippen MR) is 144 cm³/mol. The SMILES string of the molecule is C/C=C(/C(=O)c1ccc(C)c2ccccc12)c1c(C)cccc1CCCCCCCI. The van der Waals surface area contributed by atoms with Crippen LogP contribution in [0.3, 0.4) is 0 Å². The zero-order valence-corrected chi connectivity index (χ0v) is 21.2. The smallest absolute Gasteiger partial charge is 0.193 e. The average molecular weight is 524 g/mol. The van der Waals surface area contributed by atoms with Crippen LogP contribution in [0.2, 0.25) is 0 Å². The second kappa shape index (κ2) is 11.6. The lowest BCUT2D eigenvalue weighted by Gasteiger charge is -2.17. The highest BCUT2D eigenvalue weighted by Crippen LogP contribution is 2.31. The Labute approximate surface area is 201 Å². The minimum Gasteiger partial charge on any atom is -0.289 e. The van der Waals surface area contributed by atoms with E-state index in [1.807, 2.05) is 31.2 Å². The van der Waals surface area contributed by atoms with Crippen molar-refractivity contribution < 1.29 is 4.79 Å². The number of halogens is 1. The number of rotatable bonds is 10. The number of benzene rings is 3. The van der Waals surface area contributed by atoms with Gasteiger partial charge in [0.1, 0.15) is 0 Å². The average Bonchev–Trinajstić information content (AvgIpc) is 2.78. The molecule has 0 aliphatic rings. The van der Waals surface area contributed by atoms with Gasteiger partial charge in [0, 0.05) is 11.1 Å². The number of alkyl halides is 1. The Balaban J connectivity index is 1.91. The van der Waals surface area contributed by atoms with Gasteiger partial charge in [-0.2, -0.15) is 0 Å². The van der Waals surface area contributed by atoms with Gasteiger partial charge in [-0.3, -0.25) is 4.79 Å². The van der Waals surface area contributed by atoms with Crippen molar-refractivity contribution in [1.29, 1.82) is 0 Å². The van der Waals surface area contributed by atoms with E-state index in [4.69, 9.17) is 0 Å². The van der Waals surface area contributed by atoms with Gasteiger partial charge in [0.05, 0.1) is 0 Å². The third kappa shape index (κ3) is 5.65. The summed E-state index contributed by atoms with van der Waals surface area (Å²) in [7, 11) is 0. The number of ketones is 1. The minimum atomic E-state index is 0.122. The molecule has 0 unspecified atom stereocenters. The summed E-state index contributed by atoms with van der Waals surface area (Å²) in [6.07, 6.45) is 9.40. The number of allylic oxidation sites excluding steroid dienone is 2. The Morgan fingerprint density at radius 2 is 1.52 bits per heavy atom. The number of unbranched alkanes of at least 4 members (excludes halogenated alkanes) is 4. The van der Waals surface area contributed by atoms with Crippen LogP contribution in [0.15, 0.2) is 60.7 Å². The fraction of sp³-hybridized carbons (Fsp3) is 0.345. The van der Waals surface area contributed by atoms with Gasteiger partial charge in [-0.1, -0.05) is 103 Å². The van der Waals surface area contributed by atoms with Crippen LogP contribution < -0.4 is 0 Å². The van der Waals surface area contributed by atoms with Crippen LogP contribution >= 0.6 is 22.6 Å². The van der Waals surface area contributed by atoms with Crippen molar-refractivity contribution in [3.05, 3.63) is 88.5 Å². The second-order valence-electron chi connectivity index (χ2n) is 8.32. The number of aryl methyl sites for hydroxylation is 3. The van der Waals surface area contributed by atoms with Crippen molar-refractivity contribution in [3.8, 4) is 0 Å². The summed E-state index contributed by atoms with van der Waals surface area (Å²) in [6.45, 7) is 6.22. The maximum atomic E-state index is 13.8. The first kappa shape index (κ1) is 23.7. The van der Waals surface area contributed by atoms with Crippen molar-refractivity contribution >= 4 is 44.7 Å². The molecule has 2 heteroatoms. The molecule has 3 rings (SSSR count). The number of hydrogen-bond donors (Lipinski definition) is 0. The molecule has 0 heterocycles. The zero-order valence-electron chi connectivity index (χ0n) is 19.0. The lowest BCUT2D eigenvalue weighted by Crippen LogP contribution is -2.08. The van der Waals surface area contributed by atoms with Crippen molar-refractivity contribution in [2.45, 2.75) is 59.3 Å². The number of hydrogen-bond acceptors (Lipinski definition) is 1. The van der Waals surface area contributed by atoms with Gasteiger partial charge >= 0.3 is 0 Å². The van der Waals surface area contributed by atoms with Crippen LogP contribution in [0.25, 0.3) is 16.3 Å². The summed E-state index contributed by atoms with van der Waals surface area (Å²) in [5, 5.41) is 2.19.